The maximum absolute atomic E-state index is 13.3. The Kier molecular flexibility index (Phi) is 3.57. The van der Waals surface area contributed by atoms with Crippen LogP contribution in [0.25, 0.3) is 0 Å². The Balaban J connectivity index is 2.03. The van der Waals surface area contributed by atoms with Crippen molar-refractivity contribution < 1.29 is 13.6 Å². The van der Waals surface area contributed by atoms with Crippen LogP contribution in [0.2, 0.25) is 0 Å². The summed E-state index contributed by atoms with van der Waals surface area (Å²) in [5.74, 6) is -1.52. The fourth-order valence-corrected chi connectivity index (χ4v) is 1.39. The Hall–Kier alpha value is -2.37. The first kappa shape index (κ1) is 12.1. The lowest BCUT2D eigenvalue weighted by molar-refractivity contribution is -0.115. The summed E-state index contributed by atoms with van der Waals surface area (Å²) < 4.78 is 26.0. The molecule has 1 aromatic carbocycles. The van der Waals surface area contributed by atoms with Crippen molar-refractivity contribution in [2.45, 2.75) is 6.42 Å². The van der Waals surface area contributed by atoms with Crippen LogP contribution in [0, 0.1) is 11.6 Å². The van der Waals surface area contributed by atoms with E-state index in [2.05, 4.69) is 15.3 Å². The number of carbonyl (C=O) groups excluding carboxylic acids is 1. The van der Waals surface area contributed by atoms with E-state index in [1.54, 1.807) is 0 Å². The highest BCUT2D eigenvalue weighted by Crippen LogP contribution is 2.11. The predicted molar refractivity (Wildman–Crippen MR) is 60.7 cm³/mol. The van der Waals surface area contributed by atoms with Gasteiger partial charge in [-0.3, -0.25) is 4.79 Å². The first-order valence-corrected chi connectivity index (χ1v) is 5.15. The van der Waals surface area contributed by atoms with E-state index < -0.39 is 17.5 Å². The molecule has 18 heavy (non-hydrogen) atoms. The number of aromatic nitrogens is 2. The number of carbonyl (C=O) groups is 1. The van der Waals surface area contributed by atoms with Gasteiger partial charge in [0.05, 0.1) is 6.42 Å². The molecule has 2 rings (SSSR count). The largest absolute Gasteiger partial charge is 0.310 e. The molecular formula is C12H9F2N3O. The quantitative estimate of drug-likeness (QED) is 0.904. The average Bonchev–Trinajstić information content (AvgIpc) is 2.34. The van der Waals surface area contributed by atoms with E-state index in [1.165, 1.54) is 24.7 Å². The van der Waals surface area contributed by atoms with E-state index in [0.717, 1.165) is 12.1 Å². The molecule has 0 unspecified atom stereocenters. The first-order chi connectivity index (χ1) is 8.65. The van der Waals surface area contributed by atoms with Crippen molar-refractivity contribution in [1.29, 1.82) is 0 Å². The van der Waals surface area contributed by atoms with E-state index >= 15 is 0 Å². The molecule has 0 radical (unpaired) electrons. The van der Waals surface area contributed by atoms with Gasteiger partial charge in [0.1, 0.15) is 23.8 Å². The topological polar surface area (TPSA) is 54.9 Å². The summed E-state index contributed by atoms with van der Waals surface area (Å²) in [7, 11) is 0. The molecular weight excluding hydrogens is 240 g/mol. The van der Waals surface area contributed by atoms with Gasteiger partial charge in [0, 0.05) is 12.3 Å². The van der Waals surface area contributed by atoms with Gasteiger partial charge in [-0.05, 0) is 17.7 Å². The van der Waals surface area contributed by atoms with Gasteiger partial charge >= 0.3 is 0 Å². The summed E-state index contributed by atoms with van der Waals surface area (Å²) in [6.07, 6.45) is 2.57. The van der Waals surface area contributed by atoms with Crippen LogP contribution in [-0.2, 0) is 11.2 Å². The van der Waals surface area contributed by atoms with Crippen molar-refractivity contribution in [1.82, 2.24) is 9.97 Å². The molecule has 1 aromatic heterocycles. The first-order valence-electron chi connectivity index (χ1n) is 5.15. The van der Waals surface area contributed by atoms with Gasteiger partial charge in [-0.1, -0.05) is 6.07 Å². The lowest BCUT2D eigenvalue weighted by Crippen LogP contribution is -2.16. The normalized spacial score (nSPS) is 10.1. The van der Waals surface area contributed by atoms with Gasteiger partial charge in [0.2, 0.25) is 5.91 Å². The zero-order valence-corrected chi connectivity index (χ0v) is 9.23. The molecule has 1 N–H and O–H groups in total. The summed E-state index contributed by atoms with van der Waals surface area (Å²) in [6.45, 7) is 0. The molecule has 4 nitrogen and oxygen atoms in total. The van der Waals surface area contributed by atoms with Crippen molar-refractivity contribution in [3.05, 3.63) is 54.0 Å². The number of hydrogen-bond acceptors (Lipinski definition) is 3. The highest BCUT2D eigenvalue weighted by Gasteiger charge is 2.09. The number of nitrogens with one attached hydrogen (secondary N) is 1. The Labute approximate surface area is 102 Å². The summed E-state index contributed by atoms with van der Waals surface area (Å²) in [5, 5.41) is 2.48. The Morgan fingerprint density at radius 1 is 1.28 bits per heavy atom. The maximum atomic E-state index is 13.3. The molecule has 2 aromatic rings. The van der Waals surface area contributed by atoms with Crippen LogP contribution in [0.15, 0.2) is 36.8 Å². The van der Waals surface area contributed by atoms with Crippen LogP contribution in [0.5, 0.6) is 0 Å². The lowest BCUT2D eigenvalue weighted by Gasteiger charge is -2.04. The molecule has 0 aliphatic carbocycles. The highest BCUT2D eigenvalue weighted by atomic mass is 19.1. The molecule has 0 atom stereocenters. The molecule has 0 fully saturated rings. The third kappa shape index (κ3) is 3.07. The van der Waals surface area contributed by atoms with Gasteiger partial charge in [0.25, 0.3) is 0 Å². The molecule has 0 aliphatic heterocycles. The van der Waals surface area contributed by atoms with Crippen LogP contribution in [0.4, 0.5) is 14.6 Å². The number of nitrogens with zero attached hydrogens (tertiary/aromatic N) is 2. The minimum Gasteiger partial charge on any atom is -0.310 e. The number of hydrogen-bond donors (Lipinski definition) is 1. The summed E-state index contributed by atoms with van der Waals surface area (Å²) >= 11 is 0. The second-order valence-electron chi connectivity index (χ2n) is 3.56. The van der Waals surface area contributed by atoms with E-state index in [4.69, 9.17) is 0 Å². The van der Waals surface area contributed by atoms with E-state index in [-0.39, 0.29) is 12.0 Å². The molecule has 0 saturated heterocycles. The second kappa shape index (κ2) is 5.31. The Bertz CT molecular complexity index is 561. The number of anilines is 1. The molecule has 0 spiro atoms. The van der Waals surface area contributed by atoms with Crippen molar-refractivity contribution in [3.63, 3.8) is 0 Å². The molecule has 92 valence electrons. The van der Waals surface area contributed by atoms with Crippen molar-refractivity contribution in [2.75, 3.05) is 5.32 Å². The molecule has 0 saturated carbocycles. The third-order valence-corrected chi connectivity index (χ3v) is 2.22. The van der Waals surface area contributed by atoms with Crippen LogP contribution in [-0.4, -0.2) is 15.9 Å². The number of amides is 1. The summed E-state index contributed by atoms with van der Waals surface area (Å²) in [5.41, 5.74) is 0.128. The fraction of sp³-hybridized carbons (Fsp3) is 0.0833. The SMILES string of the molecule is O=C(Cc1ccc(F)cc1F)Nc1ccncn1. The van der Waals surface area contributed by atoms with Crippen LogP contribution in [0.1, 0.15) is 5.56 Å². The monoisotopic (exact) mass is 249 g/mol. The molecule has 1 amide bonds. The van der Waals surface area contributed by atoms with Crippen LogP contribution >= 0.6 is 0 Å². The van der Waals surface area contributed by atoms with Gasteiger partial charge in [0.15, 0.2) is 0 Å². The standard InChI is InChI=1S/C12H9F2N3O/c13-9-2-1-8(10(14)6-9)5-12(18)17-11-3-4-15-7-16-11/h1-4,6-7H,5H2,(H,15,16,17,18). The van der Waals surface area contributed by atoms with E-state index in [0.29, 0.717) is 5.82 Å². The van der Waals surface area contributed by atoms with Crippen molar-refractivity contribution in [2.24, 2.45) is 0 Å². The Morgan fingerprint density at radius 2 is 2.11 bits per heavy atom. The average molecular weight is 249 g/mol. The van der Waals surface area contributed by atoms with E-state index in [1.807, 2.05) is 0 Å². The van der Waals surface area contributed by atoms with Crippen molar-refractivity contribution >= 4 is 11.7 Å². The fourth-order valence-electron chi connectivity index (χ4n) is 1.39. The number of halogens is 2. The second-order valence-corrected chi connectivity index (χ2v) is 3.56. The van der Waals surface area contributed by atoms with Gasteiger partial charge in [-0.15, -0.1) is 0 Å². The number of rotatable bonds is 3. The molecule has 0 bridgehead atoms. The minimum atomic E-state index is -0.743. The summed E-state index contributed by atoms with van der Waals surface area (Å²) in [4.78, 5) is 19.1. The maximum Gasteiger partial charge on any atom is 0.230 e. The molecule has 0 aliphatic rings. The zero-order chi connectivity index (χ0) is 13.0. The number of benzene rings is 1. The molecule has 6 heteroatoms. The predicted octanol–water partition coefficient (Wildman–Crippen LogP) is 1.94. The van der Waals surface area contributed by atoms with Crippen LogP contribution in [0.3, 0.4) is 0 Å². The van der Waals surface area contributed by atoms with Crippen molar-refractivity contribution in [3.8, 4) is 0 Å². The van der Waals surface area contributed by atoms with Gasteiger partial charge < -0.3 is 5.32 Å². The minimum absolute atomic E-state index is 0.128. The van der Waals surface area contributed by atoms with E-state index in [9.17, 15) is 13.6 Å². The third-order valence-electron chi connectivity index (χ3n) is 2.22. The Morgan fingerprint density at radius 3 is 2.78 bits per heavy atom. The summed E-state index contributed by atoms with van der Waals surface area (Å²) in [6, 6.07) is 4.60. The van der Waals surface area contributed by atoms with Gasteiger partial charge in [-0.25, -0.2) is 18.7 Å². The lowest BCUT2D eigenvalue weighted by atomic mass is 10.1. The zero-order valence-electron chi connectivity index (χ0n) is 9.23. The smallest absolute Gasteiger partial charge is 0.230 e. The highest BCUT2D eigenvalue weighted by molar-refractivity contribution is 5.91. The molecule has 1 heterocycles. The van der Waals surface area contributed by atoms with Crippen LogP contribution < -0.4 is 5.32 Å². The van der Waals surface area contributed by atoms with Gasteiger partial charge in [-0.2, -0.15) is 0 Å².